The molecule has 0 aliphatic carbocycles. The van der Waals surface area contributed by atoms with Gasteiger partial charge in [-0.25, -0.2) is 0 Å². The van der Waals surface area contributed by atoms with Gasteiger partial charge in [0.05, 0.1) is 25.4 Å². The number of hydrogen-bond acceptors (Lipinski definition) is 5. The zero-order valence-electron chi connectivity index (χ0n) is 46.1. The molecule has 1 amide bonds. The fourth-order valence-corrected chi connectivity index (χ4v) is 9.81. The first kappa shape index (κ1) is 66.6. The quantitative estimate of drug-likeness (QED) is 0.0321. The summed E-state index contributed by atoms with van der Waals surface area (Å²) in [5, 5.41) is 23.1. The summed E-state index contributed by atoms with van der Waals surface area (Å²) in [6.07, 6.45) is 69.6. The molecule has 0 fully saturated rings. The molecule has 404 valence electrons. The average Bonchev–Trinajstić information content (AvgIpc) is 3.34. The predicted molar refractivity (Wildman–Crippen MR) is 297 cm³/mol. The van der Waals surface area contributed by atoms with Gasteiger partial charge in [-0.15, -0.1) is 0 Å². The van der Waals surface area contributed by atoms with Crippen molar-refractivity contribution in [3.63, 3.8) is 0 Å². The molecule has 6 nitrogen and oxygen atoms in total. The molecule has 0 heterocycles. The van der Waals surface area contributed by atoms with E-state index in [1.54, 1.807) is 6.08 Å². The van der Waals surface area contributed by atoms with E-state index in [0.29, 0.717) is 19.4 Å². The number of carbonyl (C=O) groups is 2. The van der Waals surface area contributed by atoms with Gasteiger partial charge in [0.25, 0.3) is 0 Å². The lowest BCUT2D eigenvalue weighted by atomic mass is 10.0. The summed E-state index contributed by atoms with van der Waals surface area (Å²) in [7, 11) is 0. The smallest absolute Gasteiger partial charge is 0.305 e. The molecule has 0 aliphatic rings. The van der Waals surface area contributed by atoms with Crippen LogP contribution < -0.4 is 5.32 Å². The summed E-state index contributed by atoms with van der Waals surface area (Å²) in [4.78, 5) is 24.6. The number of unbranched alkanes of at least 4 members (excludes halogenated alkanes) is 47. The number of ether oxygens (including phenoxy) is 1. The molecule has 0 saturated carbocycles. The van der Waals surface area contributed by atoms with Gasteiger partial charge < -0.3 is 20.3 Å². The van der Waals surface area contributed by atoms with Crippen LogP contribution >= 0.6 is 0 Å². The molecule has 0 aromatic carbocycles. The Balaban J connectivity index is 3.42. The van der Waals surface area contributed by atoms with Crippen molar-refractivity contribution in [2.24, 2.45) is 0 Å². The summed E-state index contributed by atoms with van der Waals surface area (Å²) in [6.45, 7) is 4.92. The topological polar surface area (TPSA) is 95.9 Å². The molecule has 0 spiro atoms. The van der Waals surface area contributed by atoms with Gasteiger partial charge in [0.2, 0.25) is 5.91 Å². The molecule has 0 saturated heterocycles. The molecule has 0 radical (unpaired) electrons. The van der Waals surface area contributed by atoms with Gasteiger partial charge in [-0.2, -0.15) is 0 Å². The Morgan fingerprint density at radius 3 is 1.00 bits per heavy atom. The van der Waals surface area contributed by atoms with Gasteiger partial charge in [-0.1, -0.05) is 315 Å². The van der Waals surface area contributed by atoms with Crippen LogP contribution in [0.1, 0.15) is 348 Å². The zero-order valence-corrected chi connectivity index (χ0v) is 46.1. The van der Waals surface area contributed by atoms with Crippen LogP contribution in [0.3, 0.4) is 0 Å². The van der Waals surface area contributed by atoms with Gasteiger partial charge in [-0.3, -0.25) is 9.59 Å². The minimum absolute atomic E-state index is 0.00515. The maximum Gasteiger partial charge on any atom is 0.305 e. The highest BCUT2D eigenvalue weighted by molar-refractivity contribution is 5.76. The van der Waals surface area contributed by atoms with Crippen molar-refractivity contribution in [3.05, 3.63) is 12.2 Å². The summed E-state index contributed by atoms with van der Waals surface area (Å²) in [6, 6.07) is -0.634. The lowest BCUT2D eigenvalue weighted by Crippen LogP contribution is -2.45. The van der Waals surface area contributed by atoms with Gasteiger partial charge in [0, 0.05) is 12.8 Å². The van der Waals surface area contributed by atoms with Gasteiger partial charge in [0.1, 0.15) is 0 Å². The predicted octanol–water partition coefficient (Wildman–Crippen LogP) is 19.2. The first-order valence-electron chi connectivity index (χ1n) is 31.0. The number of aliphatic hydroxyl groups excluding tert-OH is 2. The summed E-state index contributed by atoms with van der Waals surface area (Å²) >= 11 is 0. The number of hydrogen-bond donors (Lipinski definition) is 3. The molecule has 0 aromatic heterocycles. The summed E-state index contributed by atoms with van der Waals surface area (Å²) < 4.78 is 5.50. The number of allylic oxidation sites excluding steroid dienone is 1. The van der Waals surface area contributed by atoms with Crippen LogP contribution in [0.2, 0.25) is 0 Å². The molecule has 2 atom stereocenters. The standard InChI is InChI=1S/C62H121NO5/c1-3-5-7-9-11-13-15-17-19-21-22-24-28-32-36-40-44-48-52-56-62(67)68-57-53-49-45-41-37-33-29-25-27-31-35-39-43-47-51-55-61(66)63-59(58-64)60(65)54-50-46-42-38-34-30-26-23-20-18-16-14-12-10-8-6-4-2/h50,54,59-60,64-65H,3-49,51-53,55-58H2,1-2H3,(H,63,66)/b54-50+. The van der Waals surface area contributed by atoms with E-state index in [4.69, 9.17) is 4.74 Å². The second-order valence-electron chi connectivity index (χ2n) is 21.4. The maximum absolute atomic E-state index is 12.5. The number of rotatable bonds is 58. The fourth-order valence-electron chi connectivity index (χ4n) is 9.81. The van der Waals surface area contributed by atoms with Crippen LogP contribution in [0.25, 0.3) is 0 Å². The Morgan fingerprint density at radius 1 is 0.397 bits per heavy atom. The van der Waals surface area contributed by atoms with E-state index in [2.05, 4.69) is 19.2 Å². The lowest BCUT2D eigenvalue weighted by Gasteiger charge is -2.20. The first-order chi connectivity index (χ1) is 33.5. The molecule has 6 heteroatoms. The highest BCUT2D eigenvalue weighted by Gasteiger charge is 2.18. The monoisotopic (exact) mass is 960 g/mol. The number of amides is 1. The van der Waals surface area contributed by atoms with Crippen molar-refractivity contribution in [1.29, 1.82) is 0 Å². The fraction of sp³-hybridized carbons (Fsp3) is 0.935. The molecular weight excluding hydrogens is 839 g/mol. The third-order valence-electron chi connectivity index (χ3n) is 14.6. The Morgan fingerprint density at radius 2 is 0.676 bits per heavy atom. The average molecular weight is 961 g/mol. The van der Waals surface area contributed by atoms with Gasteiger partial charge in [0.15, 0.2) is 0 Å². The Hall–Kier alpha value is -1.40. The third kappa shape index (κ3) is 53.9. The number of nitrogens with one attached hydrogen (secondary N) is 1. The van der Waals surface area contributed by atoms with Gasteiger partial charge in [-0.05, 0) is 32.1 Å². The zero-order chi connectivity index (χ0) is 49.3. The van der Waals surface area contributed by atoms with E-state index in [0.717, 1.165) is 44.9 Å². The van der Waals surface area contributed by atoms with E-state index >= 15 is 0 Å². The van der Waals surface area contributed by atoms with Gasteiger partial charge >= 0.3 is 5.97 Å². The van der Waals surface area contributed by atoms with Crippen LogP contribution in [-0.4, -0.2) is 47.4 Å². The second kappa shape index (κ2) is 58.2. The minimum atomic E-state index is -0.849. The second-order valence-corrected chi connectivity index (χ2v) is 21.4. The van der Waals surface area contributed by atoms with E-state index in [-0.39, 0.29) is 18.5 Å². The molecule has 0 aliphatic heterocycles. The summed E-state index contributed by atoms with van der Waals surface area (Å²) in [5.41, 5.74) is 0. The summed E-state index contributed by atoms with van der Waals surface area (Å²) in [5.74, 6) is -0.0681. The largest absolute Gasteiger partial charge is 0.466 e. The third-order valence-corrected chi connectivity index (χ3v) is 14.6. The van der Waals surface area contributed by atoms with Crippen molar-refractivity contribution in [2.45, 2.75) is 360 Å². The van der Waals surface area contributed by atoms with Crippen molar-refractivity contribution < 1.29 is 24.5 Å². The van der Waals surface area contributed by atoms with E-state index in [9.17, 15) is 19.8 Å². The van der Waals surface area contributed by atoms with E-state index in [1.807, 2.05) is 6.08 Å². The molecule has 3 N–H and O–H groups in total. The number of carbonyl (C=O) groups excluding carboxylic acids is 2. The molecule has 2 unspecified atom stereocenters. The SMILES string of the molecule is CCCCCCCCCCCCCCCCC/C=C/C(O)C(CO)NC(=O)CCCCCCCCCCCCCCCCCOC(=O)CCCCCCCCCCCCCCCCCCCCC. The van der Waals surface area contributed by atoms with E-state index < -0.39 is 12.1 Å². The van der Waals surface area contributed by atoms with Crippen LogP contribution in [0.5, 0.6) is 0 Å². The first-order valence-corrected chi connectivity index (χ1v) is 31.0. The molecule has 68 heavy (non-hydrogen) atoms. The van der Waals surface area contributed by atoms with E-state index in [1.165, 1.54) is 276 Å². The highest BCUT2D eigenvalue weighted by Crippen LogP contribution is 2.18. The number of aliphatic hydroxyl groups is 2. The maximum atomic E-state index is 12.5. The molecular formula is C62H121NO5. The Bertz CT molecular complexity index is 1020. The normalized spacial score (nSPS) is 12.6. The van der Waals surface area contributed by atoms with Crippen molar-refractivity contribution in [3.8, 4) is 0 Å². The van der Waals surface area contributed by atoms with Crippen molar-refractivity contribution >= 4 is 11.9 Å². The minimum Gasteiger partial charge on any atom is -0.466 e. The molecule has 0 bridgehead atoms. The Kier molecular flexibility index (Phi) is 57.0. The Labute approximate surface area is 425 Å². The van der Waals surface area contributed by atoms with Crippen molar-refractivity contribution in [1.82, 2.24) is 5.32 Å². The number of esters is 1. The van der Waals surface area contributed by atoms with Crippen LogP contribution in [0.4, 0.5) is 0 Å². The van der Waals surface area contributed by atoms with Crippen LogP contribution in [0, 0.1) is 0 Å². The van der Waals surface area contributed by atoms with Crippen molar-refractivity contribution in [2.75, 3.05) is 13.2 Å². The molecule has 0 rings (SSSR count). The highest BCUT2D eigenvalue weighted by atomic mass is 16.5. The lowest BCUT2D eigenvalue weighted by molar-refractivity contribution is -0.143. The van der Waals surface area contributed by atoms with Crippen LogP contribution in [0.15, 0.2) is 12.2 Å². The van der Waals surface area contributed by atoms with Crippen LogP contribution in [-0.2, 0) is 14.3 Å². The molecule has 0 aromatic rings.